The Labute approximate surface area is 66.7 Å². The summed E-state index contributed by atoms with van der Waals surface area (Å²) < 4.78 is 0. The fraction of sp³-hybridized carbons (Fsp3) is 0.857. The van der Waals surface area contributed by atoms with Gasteiger partial charge in [0.25, 0.3) is 0 Å². The second-order valence-electron chi connectivity index (χ2n) is 2.91. The summed E-state index contributed by atoms with van der Waals surface area (Å²) in [6, 6.07) is 0. The van der Waals surface area contributed by atoms with Crippen LogP contribution in [-0.2, 0) is 4.79 Å². The third kappa shape index (κ3) is 2.17. The van der Waals surface area contributed by atoms with Crippen LogP contribution in [0.1, 0.15) is 12.8 Å². The highest BCUT2D eigenvalue weighted by Gasteiger charge is 2.22. The molecule has 0 radical (unpaired) electrons. The van der Waals surface area contributed by atoms with Gasteiger partial charge in [0.05, 0.1) is 5.92 Å². The van der Waals surface area contributed by atoms with E-state index in [2.05, 4.69) is 5.43 Å². The molecule has 1 amide bonds. The lowest BCUT2D eigenvalue weighted by molar-refractivity contribution is -0.123. The molecule has 64 valence electrons. The van der Waals surface area contributed by atoms with Crippen molar-refractivity contribution >= 4 is 5.91 Å². The molecule has 1 aliphatic rings. The standard InChI is InChI=1S/C7H15N3O/c1-9-10-4-2-3-6(5-10)7(8)11/h6,9H,2-5H2,1H3,(H2,8,11). The van der Waals surface area contributed by atoms with E-state index in [1.54, 1.807) is 0 Å². The zero-order chi connectivity index (χ0) is 8.27. The summed E-state index contributed by atoms with van der Waals surface area (Å²) in [7, 11) is 1.86. The van der Waals surface area contributed by atoms with E-state index in [1.807, 2.05) is 12.1 Å². The number of hydrogen-bond donors (Lipinski definition) is 2. The Morgan fingerprint density at radius 1 is 1.73 bits per heavy atom. The van der Waals surface area contributed by atoms with Crippen LogP contribution in [0.3, 0.4) is 0 Å². The fourth-order valence-corrected chi connectivity index (χ4v) is 1.41. The SMILES string of the molecule is CNN1CCCC(C(N)=O)C1. The van der Waals surface area contributed by atoms with Gasteiger partial charge in [-0.25, -0.2) is 5.01 Å². The molecule has 1 unspecified atom stereocenters. The predicted octanol–water partition coefficient (Wildman–Crippen LogP) is -0.682. The van der Waals surface area contributed by atoms with Crippen LogP contribution in [0.15, 0.2) is 0 Å². The van der Waals surface area contributed by atoms with E-state index in [0.717, 1.165) is 25.9 Å². The van der Waals surface area contributed by atoms with Gasteiger partial charge in [0.1, 0.15) is 0 Å². The Morgan fingerprint density at radius 3 is 3.00 bits per heavy atom. The van der Waals surface area contributed by atoms with E-state index in [1.165, 1.54) is 0 Å². The highest BCUT2D eigenvalue weighted by atomic mass is 16.1. The smallest absolute Gasteiger partial charge is 0.221 e. The van der Waals surface area contributed by atoms with Gasteiger partial charge in [0, 0.05) is 13.1 Å². The zero-order valence-corrected chi connectivity index (χ0v) is 6.84. The van der Waals surface area contributed by atoms with Gasteiger partial charge in [-0.3, -0.25) is 10.2 Å². The number of hydrogen-bond acceptors (Lipinski definition) is 3. The summed E-state index contributed by atoms with van der Waals surface area (Å²) in [6.07, 6.45) is 1.99. The molecule has 0 aromatic heterocycles. The molecule has 0 aliphatic carbocycles. The van der Waals surface area contributed by atoms with Crippen LogP contribution in [0.5, 0.6) is 0 Å². The summed E-state index contributed by atoms with van der Waals surface area (Å²) in [5.41, 5.74) is 8.21. The van der Waals surface area contributed by atoms with Crippen molar-refractivity contribution in [2.45, 2.75) is 12.8 Å². The molecule has 1 aliphatic heterocycles. The minimum atomic E-state index is -0.176. The maximum Gasteiger partial charge on any atom is 0.221 e. The molecular weight excluding hydrogens is 142 g/mol. The fourth-order valence-electron chi connectivity index (χ4n) is 1.41. The van der Waals surface area contributed by atoms with Crippen molar-refractivity contribution in [1.82, 2.24) is 10.4 Å². The molecule has 0 bridgehead atoms. The number of nitrogens with one attached hydrogen (secondary N) is 1. The number of nitrogens with zero attached hydrogens (tertiary/aromatic N) is 1. The van der Waals surface area contributed by atoms with E-state index < -0.39 is 0 Å². The average molecular weight is 157 g/mol. The maximum absolute atomic E-state index is 10.8. The van der Waals surface area contributed by atoms with Crippen LogP contribution in [0.4, 0.5) is 0 Å². The van der Waals surface area contributed by atoms with Crippen LogP contribution in [0.2, 0.25) is 0 Å². The molecular formula is C7H15N3O. The highest BCUT2D eigenvalue weighted by molar-refractivity contribution is 5.76. The van der Waals surface area contributed by atoms with Crippen LogP contribution in [0.25, 0.3) is 0 Å². The van der Waals surface area contributed by atoms with Crippen molar-refractivity contribution in [2.75, 3.05) is 20.1 Å². The number of piperidine rings is 1. The summed E-state index contributed by atoms with van der Waals surface area (Å²) in [4.78, 5) is 10.8. The Balaban J connectivity index is 2.39. The molecule has 11 heavy (non-hydrogen) atoms. The van der Waals surface area contributed by atoms with Crippen molar-refractivity contribution < 1.29 is 4.79 Å². The van der Waals surface area contributed by atoms with Gasteiger partial charge >= 0.3 is 0 Å². The van der Waals surface area contributed by atoms with Gasteiger partial charge in [0.15, 0.2) is 0 Å². The van der Waals surface area contributed by atoms with Gasteiger partial charge in [-0.2, -0.15) is 0 Å². The van der Waals surface area contributed by atoms with E-state index in [9.17, 15) is 4.79 Å². The van der Waals surface area contributed by atoms with Gasteiger partial charge in [-0.15, -0.1) is 0 Å². The first-order valence-electron chi connectivity index (χ1n) is 3.95. The monoisotopic (exact) mass is 157 g/mol. The molecule has 1 rings (SSSR count). The Kier molecular flexibility index (Phi) is 2.84. The summed E-state index contributed by atoms with van der Waals surface area (Å²) in [5.74, 6) is -0.138. The lowest BCUT2D eigenvalue weighted by Gasteiger charge is -2.29. The van der Waals surface area contributed by atoms with Gasteiger partial charge < -0.3 is 5.73 Å². The topological polar surface area (TPSA) is 58.4 Å². The van der Waals surface area contributed by atoms with Crippen molar-refractivity contribution in [2.24, 2.45) is 11.7 Å². The van der Waals surface area contributed by atoms with Gasteiger partial charge in [-0.1, -0.05) is 0 Å². The van der Waals surface area contributed by atoms with Crippen molar-refractivity contribution in [3.8, 4) is 0 Å². The molecule has 3 N–H and O–H groups in total. The van der Waals surface area contributed by atoms with E-state index in [4.69, 9.17) is 5.73 Å². The van der Waals surface area contributed by atoms with E-state index in [-0.39, 0.29) is 11.8 Å². The molecule has 4 nitrogen and oxygen atoms in total. The molecule has 0 aromatic carbocycles. The van der Waals surface area contributed by atoms with Gasteiger partial charge in [0.2, 0.25) is 5.91 Å². The molecule has 1 saturated heterocycles. The van der Waals surface area contributed by atoms with Gasteiger partial charge in [-0.05, 0) is 19.9 Å². The lowest BCUT2D eigenvalue weighted by Crippen LogP contribution is -2.46. The highest BCUT2D eigenvalue weighted by Crippen LogP contribution is 2.13. The molecule has 1 heterocycles. The summed E-state index contributed by atoms with van der Waals surface area (Å²) in [5, 5.41) is 2.03. The lowest BCUT2D eigenvalue weighted by atomic mass is 9.99. The first kappa shape index (κ1) is 8.49. The summed E-state index contributed by atoms with van der Waals surface area (Å²) >= 11 is 0. The first-order chi connectivity index (χ1) is 5.24. The average Bonchev–Trinajstić information content (AvgIpc) is 2.05. The molecule has 0 spiro atoms. The number of primary amides is 1. The van der Waals surface area contributed by atoms with Crippen molar-refractivity contribution in [1.29, 1.82) is 0 Å². The molecule has 1 fully saturated rings. The minimum Gasteiger partial charge on any atom is -0.369 e. The Bertz CT molecular complexity index is 149. The number of carbonyl (C=O) groups is 1. The predicted molar refractivity (Wildman–Crippen MR) is 42.6 cm³/mol. The maximum atomic E-state index is 10.8. The number of hydrazine groups is 1. The molecule has 0 saturated carbocycles. The normalized spacial score (nSPS) is 26.8. The number of nitrogens with two attached hydrogens (primary N) is 1. The van der Waals surface area contributed by atoms with Crippen molar-refractivity contribution in [3.63, 3.8) is 0 Å². The number of carbonyl (C=O) groups excluding carboxylic acids is 1. The largest absolute Gasteiger partial charge is 0.369 e. The van der Waals surface area contributed by atoms with Crippen LogP contribution in [0, 0.1) is 5.92 Å². The summed E-state index contributed by atoms with van der Waals surface area (Å²) in [6.45, 7) is 1.77. The Morgan fingerprint density at radius 2 is 2.45 bits per heavy atom. The quantitative estimate of drug-likeness (QED) is 0.558. The zero-order valence-electron chi connectivity index (χ0n) is 6.84. The van der Waals surface area contributed by atoms with E-state index in [0.29, 0.717) is 0 Å². The van der Waals surface area contributed by atoms with Crippen LogP contribution < -0.4 is 11.2 Å². The molecule has 0 aromatic rings. The second kappa shape index (κ2) is 3.69. The number of amides is 1. The second-order valence-corrected chi connectivity index (χ2v) is 2.91. The number of rotatable bonds is 2. The van der Waals surface area contributed by atoms with Crippen LogP contribution in [-0.4, -0.2) is 31.1 Å². The molecule has 1 atom stereocenters. The third-order valence-corrected chi connectivity index (χ3v) is 2.14. The van der Waals surface area contributed by atoms with Crippen molar-refractivity contribution in [3.05, 3.63) is 0 Å². The third-order valence-electron chi connectivity index (χ3n) is 2.14. The Hall–Kier alpha value is -0.610. The first-order valence-corrected chi connectivity index (χ1v) is 3.95. The molecule has 4 heteroatoms. The minimum absolute atomic E-state index is 0.0381. The van der Waals surface area contributed by atoms with Crippen LogP contribution >= 0.6 is 0 Å². The van der Waals surface area contributed by atoms with E-state index >= 15 is 0 Å².